The summed E-state index contributed by atoms with van der Waals surface area (Å²) < 4.78 is 21.5. The molecule has 1 aliphatic rings. The fraction of sp³-hybridized carbons (Fsp3) is 0.429. The minimum atomic E-state index is -0.493. The number of nitrogens with zero attached hydrogens (tertiary/aromatic N) is 3. The molecule has 3 rings (SSSR count). The highest BCUT2D eigenvalue weighted by Crippen LogP contribution is 2.37. The van der Waals surface area contributed by atoms with Gasteiger partial charge in [0, 0.05) is 38.2 Å². The summed E-state index contributed by atoms with van der Waals surface area (Å²) in [7, 11) is 1.86. The quantitative estimate of drug-likeness (QED) is 0.943. The molecular weight excluding hydrogens is 295 g/mol. The fourth-order valence-electron chi connectivity index (χ4n) is 2.63. The van der Waals surface area contributed by atoms with Gasteiger partial charge in [-0.3, -0.25) is 9.67 Å². The van der Waals surface area contributed by atoms with E-state index in [1.165, 1.54) is 6.20 Å². The number of hydrogen-bond donors (Lipinski definition) is 1. The minimum Gasteiger partial charge on any atom is -0.378 e. The van der Waals surface area contributed by atoms with Crippen LogP contribution in [0.3, 0.4) is 0 Å². The molecule has 0 amide bonds. The van der Waals surface area contributed by atoms with E-state index in [-0.39, 0.29) is 10.7 Å². The summed E-state index contributed by atoms with van der Waals surface area (Å²) in [6.07, 6.45) is 8.09. The molecule has 3 heterocycles. The predicted octanol–water partition coefficient (Wildman–Crippen LogP) is 2.73. The molecule has 1 N–H and O–H groups in total. The van der Waals surface area contributed by atoms with E-state index >= 15 is 0 Å². The second-order valence-electron chi connectivity index (χ2n) is 5.18. The Morgan fingerprint density at radius 1 is 1.48 bits per heavy atom. The van der Waals surface area contributed by atoms with E-state index in [1.54, 1.807) is 10.9 Å². The Morgan fingerprint density at radius 2 is 2.33 bits per heavy atom. The Bertz CT molecular complexity index is 619. The number of anilines is 1. The Hall–Kier alpha value is -1.66. The van der Waals surface area contributed by atoms with Gasteiger partial charge in [-0.2, -0.15) is 5.10 Å². The van der Waals surface area contributed by atoms with Crippen LogP contribution in [0.1, 0.15) is 18.4 Å². The molecule has 1 aliphatic heterocycles. The van der Waals surface area contributed by atoms with Gasteiger partial charge < -0.3 is 10.1 Å². The molecule has 0 bridgehead atoms. The molecule has 0 aromatic carbocycles. The zero-order valence-electron chi connectivity index (χ0n) is 11.6. The second-order valence-corrected chi connectivity index (χ2v) is 5.59. The van der Waals surface area contributed by atoms with E-state index in [4.69, 9.17) is 16.3 Å². The summed E-state index contributed by atoms with van der Waals surface area (Å²) in [6.45, 7) is 1.11. The van der Waals surface area contributed by atoms with E-state index in [0.717, 1.165) is 24.6 Å². The van der Waals surface area contributed by atoms with Gasteiger partial charge in [0.15, 0.2) is 5.82 Å². The van der Waals surface area contributed by atoms with Crippen molar-refractivity contribution in [3.05, 3.63) is 41.2 Å². The summed E-state index contributed by atoms with van der Waals surface area (Å²) in [6, 6.07) is 0. The summed E-state index contributed by atoms with van der Waals surface area (Å²) in [4.78, 5) is 3.71. The number of nitrogens with one attached hydrogen (secondary N) is 1. The Balaban J connectivity index is 1.84. The molecule has 1 fully saturated rings. The van der Waals surface area contributed by atoms with Crippen LogP contribution in [-0.4, -0.2) is 27.9 Å². The van der Waals surface area contributed by atoms with Gasteiger partial charge in [0.2, 0.25) is 0 Å². The number of aryl methyl sites for hydroxylation is 1. The van der Waals surface area contributed by atoms with Crippen LogP contribution in [0, 0.1) is 5.82 Å². The standard InChI is InChI=1S/C14H16ClFN4O/c1-20-8-10(5-19-20)14(3-2-4-21-14)9-18-13-11(15)6-17-7-12(13)16/h5-8H,2-4,9H2,1H3,(H,17,18). The number of hydrogen-bond acceptors (Lipinski definition) is 4. The minimum absolute atomic E-state index is 0.255. The molecule has 112 valence electrons. The Kier molecular flexibility index (Phi) is 3.82. The first-order valence-corrected chi connectivity index (χ1v) is 7.14. The Morgan fingerprint density at radius 3 is 2.95 bits per heavy atom. The van der Waals surface area contributed by atoms with Crippen molar-refractivity contribution in [3.63, 3.8) is 0 Å². The van der Waals surface area contributed by atoms with E-state index in [1.807, 2.05) is 13.2 Å². The molecule has 7 heteroatoms. The first kappa shape index (κ1) is 14.3. The van der Waals surface area contributed by atoms with Crippen LogP contribution in [0.2, 0.25) is 5.02 Å². The lowest BCUT2D eigenvalue weighted by Crippen LogP contribution is -2.33. The lowest BCUT2D eigenvalue weighted by atomic mass is 9.93. The van der Waals surface area contributed by atoms with Gasteiger partial charge in [-0.15, -0.1) is 0 Å². The molecule has 21 heavy (non-hydrogen) atoms. The fourth-order valence-corrected chi connectivity index (χ4v) is 2.85. The van der Waals surface area contributed by atoms with E-state index < -0.39 is 11.4 Å². The van der Waals surface area contributed by atoms with Crippen LogP contribution in [0.25, 0.3) is 0 Å². The molecule has 1 saturated heterocycles. The summed E-state index contributed by atoms with van der Waals surface area (Å²) in [5.74, 6) is -0.471. The second kappa shape index (κ2) is 5.61. The molecular formula is C14H16ClFN4O. The van der Waals surface area contributed by atoms with Crippen molar-refractivity contribution in [2.75, 3.05) is 18.5 Å². The first-order chi connectivity index (χ1) is 10.1. The van der Waals surface area contributed by atoms with Crippen molar-refractivity contribution in [3.8, 4) is 0 Å². The molecule has 5 nitrogen and oxygen atoms in total. The van der Waals surface area contributed by atoms with Gasteiger partial charge in [-0.25, -0.2) is 4.39 Å². The molecule has 1 atom stereocenters. The third-order valence-electron chi connectivity index (χ3n) is 3.74. The maximum absolute atomic E-state index is 13.8. The number of halogens is 2. The number of aromatic nitrogens is 3. The Labute approximate surface area is 127 Å². The van der Waals surface area contributed by atoms with Gasteiger partial charge in [0.25, 0.3) is 0 Å². The van der Waals surface area contributed by atoms with Crippen LogP contribution >= 0.6 is 11.6 Å². The van der Waals surface area contributed by atoms with E-state index in [9.17, 15) is 4.39 Å². The monoisotopic (exact) mass is 310 g/mol. The largest absolute Gasteiger partial charge is 0.378 e. The van der Waals surface area contributed by atoms with Crippen LogP contribution in [0.4, 0.5) is 10.1 Å². The van der Waals surface area contributed by atoms with Gasteiger partial charge in [-0.05, 0) is 12.8 Å². The van der Waals surface area contributed by atoms with Crippen molar-refractivity contribution in [2.24, 2.45) is 7.05 Å². The highest BCUT2D eigenvalue weighted by molar-refractivity contribution is 6.33. The molecule has 2 aromatic rings. The third kappa shape index (κ3) is 2.73. The summed E-state index contributed by atoms with van der Waals surface area (Å²) in [5, 5.41) is 7.52. The maximum atomic E-state index is 13.8. The highest BCUT2D eigenvalue weighted by Gasteiger charge is 2.38. The van der Waals surface area contributed by atoms with E-state index in [0.29, 0.717) is 13.2 Å². The maximum Gasteiger partial charge on any atom is 0.166 e. The highest BCUT2D eigenvalue weighted by atomic mass is 35.5. The smallest absolute Gasteiger partial charge is 0.166 e. The lowest BCUT2D eigenvalue weighted by Gasteiger charge is -2.28. The SMILES string of the molecule is Cn1cc(C2(CNc3c(F)cncc3Cl)CCCO2)cn1. The van der Waals surface area contributed by atoms with Crippen molar-refractivity contribution >= 4 is 17.3 Å². The molecule has 0 aliphatic carbocycles. The zero-order chi connectivity index (χ0) is 14.9. The number of rotatable bonds is 4. The van der Waals surface area contributed by atoms with Crippen LogP contribution in [0.5, 0.6) is 0 Å². The van der Waals surface area contributed by atoms with Crippen LogP contribution in [0.15, 0.2) is 24.8 Å². The lowest BCUT2D eigenvalue weighted by molar-refractivity contribution is 0.0115. The van der Waals surface area contributed by atoms with Crippen LogP contribution in [-0.2, 0) is 17.4 Å². The molecule has 0 spiro atoms. The third-order valence-corrected chi connectivity index (χ3v) is 4.02. The average Bonchev–Trinajstić information content (AvgIpc) is 3.08. The van der Waals surface area contributed by atoms with Crippen molar-refractivity contribution in [1.82, 2.24) is 14.8 Å². The first-order valence-electron chi connectivity index (χ1n) is 6.77. The molecule has 0 radical (unpaired) electrons. The number of pyridine rings is 1. The molecule has 0 saturated carbocycles. The average molecular weight is 311 g/mol. The van der Waals surface area contributed by atoms with Gasteiger partial charge in [0.1, 0.15) is 5.60 Å². The zero-order valence-corrected chi connectivity index (χ0v) is 12.4. The topological polar surface area (TPSA) is 52.0 Å². The van der Waals surface area contributed by atoms with Crippen LogP contribution < -0.4 is 5.32 Å². The predicted molar refractivity (Wildman–Crippen MR) is 77.8 cm³/mol. The van der Waals surface area contributed by atoms with Crippen molar-refractivity contribution in [1.29, 1.82) is 0 Å². The molecule has 2 aromatic heterocycles. The van der Waals surface area contributed by atoms with Crippen molar-refractivity contribution in [2.45, 2.75) is 18.4 Å². The normalized spacial score (nSPS) is 21.7. The van der Waals surface area contributed by atoms with E-state index in [2.05, 4.69) is 15.4 Å². The summed E-state index contributed by atoms with van der Waals surface area (Å²) >= 11 is 5.99. The molecule has 1 unspecified atom stereocenters. The summed E-state index contributed by atoms with van der Waals surface area (Å²) in [5.41, 5.74) is 0.749. The van der Waals surface area contributed by atoms with Crippen molar-refractivity contribution < 1.29 is 9.13 Å². The van der Waals surface area contributed by atoms with Gasteiger partial charge >= 0.3 is 0 Å². The number of ether oxygens (including phenoxy) is 1. The van der Waals surface area contributed by atoms with Gasteiger partial charge in [-0.1, -0.05) is 11.6 Å². The van der Waals surface area contributed by atoms with Gasteiger partial charge in [0.05, 0.1) is 23.1 Å².